The lowest BCUT2D eigenvalue weighted by Gasteiger charge is -1.96. The van der Waals surface area contributed by atoms with E-state index in [4.69, 9.17) is 11.6 Å². The molecule has 4 heteroatoms. The van der Waals surface area contributed by atoms with Crippen LogP contribution in [0.3, 0.4) is 0 Å². The fraction of sp³-hybridized carbons (Fsp3) is 0. The molecule has 2 aromatic carbocycles. The van der Waals surface area contributed by atoms with Crippen LogP contribution in [0, 0.1) is 11.2 Å². The normalized spacial score (nSPS) is 10.5. The SMILES string of the molecule is O=S(=O)(C#Cc1ccccc1)c1cccc(Cl)c1. The highest BCUT2D eigenvalue weighted by Crippen LogP contribution is 2.16. The summed E-state index contributed by atoms with van der Waals surface area (Å²) in [5.74, 6) is 2.62. The number of halogens is 1. The van der Waals surface area contributed by atoms with Gasteiger partial charge in [-0.2, -0.15) is 0 Å². The molecule has 0 aliphatic heterocycles. The summed E-state index contributed by atoms with van der Waals surface area (Å²) in [6.45, 7) is 0. The van der Waals surface area contributed by atoms with Crippen molar-refractivity contribution in [3.63, 3.8) is 0 Å². The minimum absolute atomic E-state index is 0.110. The molecule has 2 rings (SSSR count). The summed E-state index contributed by atoms with van der Waals surface area (Å²) in [5.41, 5.74) is 0.656. The first-order valence-corrected chi connectivity index (χ1v) is 7.02. The molecule has 0 saturated carbocycles. The van der Waals surface area contributed by atoms with Crippen molar-refractivity contribution in [2.45, 2.75) is 4.90 Å². The Bertz CT molecular complexity index is 710. The van der Waals surface area contributed by atoms with E-state index in [1.54, 1.807) is 36.4 Å². The van der Waals surface area contributed by atoms with E-state index in [1.165, 1.54) is 12.1 Å². The van der Waals surface area contributed by atoms with Gasteiger partial charge < -0.3 is 0 Å². The number of benzene rings is 2. The van der Waals surface area contributed by atoms with Crippen LogP contribution in [0.25, 0.3) is 0 Å². The Balaban J connectivity index is 2.37. The van der Waals surface area contributed by atoms with Crippen LogP contribution >= 0.6 is 11.6 Å². The van der Waals surface area contributed by atoms with Crippen LogP contribution in [-0.2, 0) is 9.84 Å². The maximum absolute atomic E-state index is 11.9. The Labute approximate surface area is 111 Å². The van der Waals surface area contributed by atoms with Crippen LogP contribution in [0.1, 0.15) is 5.56 Å². The van der Waals surface area contributed by atoms with Crippen molar-refractivity contribution < 1.29 is 8.42 Å². The molecule has 0 spiro atoms. The summed E-state index contributed by atoms with van der Waals surface area (Å²) in [6.07, 6.45) is 0. The average molecular weight is 277 g/mol. The van der Waals surface area contributed by atoms with Gasteiger partial charge >= 0.3 is 0 Å². The predicted molar refractivity (Wildman–Crippen MR) is 72.0 cm³/mol. The third-order valence-electron chi connectivity index (χ3n) is 2.21. The van der Waals surface area contributed by atoms with Crippen molar-refractivity contribution in [2.24, 2.45) is 0 Å². The minimum atomic E-state index is -3.63. The van der Waals surface area contributed by atoms with Gasteiger partial charge in [0, 0.05) is 15.8 Å². The monoisotopic (exact) mass is 276 g/mol. The van der Waals surface area contributed by atoms with E-state index in [0.717, 1.165) is 0 Å². The molecule has 0 amide bonds. The van der Waals surface area contributed by atoms with E-state index < -0.39 is 9.84 Å². The highest BCUT2D eigenvalue weighted by Gasteiger charge is 2.10. The molecule has 0 aliphatic rings. The Kier molecular flexibility index (Phi) is 3.71. The van der Waals surface area contributed by atoms with Crippen molar-refractivity contribution in [1.82, 2.24) is 0 Å². The zero-order chi connectivity index (χ0) is 13.0. The van der Waals surface area contributed by atoms with E-state index in [-0.39, 0.29) is 4.90 Å². The molecule has 0 aliphatic carbocycles. The molecule has 2 aromatic rings. The molecule has 0 N–H and O–H groups in total. The summed E-state index contributed by atoms with van der Waals surface area (Å²) in [5, 5.41) is 2.66. The highest BCUT2D eigenvalue weighted by molar-refractivity contribution is 7.96. The van der Waals surface area contributed by atoms with Crippen molar-refractivity contribution in [3.05, 3.63) is 65.2 Å². The molecule has 0 heterocycles. The van der Waals surface area contributed by atoms with E-state index in [9.17, 15) is 8.42 Å². The van der Waals surface area contributed by atoms with Gasteiger partial charge in [0.15, 0.2) is 0 Å². The van der Waals surface area contributed by atoms with Crippen LogP contribution < -0.4 is 0 Å². The third kappa shape index (κ3) is 3.13. The molecule has 0 radical (unpaired) electrons. The van der Waals surface area contributed by atoms with Gasteiger partial charge in [0.05, 0.1) is 4.90 Å². The predicted octanol–water partition coefficient (Wildman–Crippen LogP) is 3.12. The molecule has 0 saturated heterocycles. The number of hydrogen-bond donors (Lipinski definition) is 0. The quantitative estimate of drug-likeness (QED) is 0.750. The van der Waals surface area contributed by atoms with Crippen molar-refractivity contribution in [2.75, 3.05) is 0 Å². The van der Waals surface area contributed by atoms with Gasteiger partial charge in [0.25, 0.3) is 0 Å². The largest absolute Gasteiger partial charge is 0.245 e. The molecule has 0 aromatic heterocycles. The molecule has 0 fully saturated rings. The fourth-order valence-corrected chi connectivity index (χ4v) is 2.51. The summed E-state index contributed by atoms with van der Waals surface area (Å²) >= 11 is 5.76. The average Bonchev–Trinajstić information content (AvgIpc) is 2.38. The Hall–Kier alpha value is -1.76. The molecule has 0 unspecified atom stereocenters. The molecular formula is C14H9ClO2S. The number of hydrogen-bond acceptors (Lipinski definition) is 2. The van der Waals surface area contributed by atoms with Crippen LogP contribution in [0.4, 0.5) is 0 Å². The van der Waals surface area contributed by atoms with Crippen LogP contribution in [0.15, 0.2) is 59.5 Å². The summed E-state index contributed by atoms with van der Waals surface area (Å²) in [6, 6.07) is 15.0. The number of sulfone groups is 1. The van der Waals surface area contributed by atoms with E-state index in [0.29, 0.717) is 10.6 Å². The second kappa shape index (κ2) is 5.26. The first kappa shape index (κ1) is 12.7. The van der Waals surface area contributed by atoms with Gasteiger partial charge in [-0.05, 0) is 36.3 Å². The van der Waals surface area contributed by atoms with Crippen molar-refractivity contribution in [1.29, 1.82) is 0 Å². The number of rotatable bonds is 1. The first-order chi connectivity index (χ1) is 8.58. The van der Waals surface area contributed by atoms with Crippen LogP contribution in [-0.4, -0.2) is 8.42 Å². The van der Waals surface area contributed by atoms with Gasteiger partial charge in [-0.15, -0.1) is 0 Å². The van der Waals surface area contributed by atoms with Gasteiger partial charge in [-0.25, -0.2) is 8.42 Å². The lowest BCUT2D eigenvalue weighted by Crippen LogP contribution is -1.96. The smallest absolute Gasteiger partial charge is 0.210 e. The second-order valence-electron chi connectivity index (χ2n) is 3.55. The van der Waals surface area contributed by atoms with Crippen molar-refractivity contribution >= 4 is 21.4 Å². The molecule has 0 atom stereocenters. The zero-order valence-corrected chi connectivity index (χ0v) is 10.9. The Morgan fingerprint density at radius 3 is 2.33 bits per heavy atom. The molecule has 90 valence electrons. The first-order valence-electron chi connectivity index (χ1n) is 5.16. The Morgan fingerprint density at radius 1 is 0.944 bits per heavy atom. The summed E-state index contributed by atoms with van der Waals surface area (Å²) in [4.78, 5) is 0.110. The second-order valence-corrected chi connectivity index (χ2v) is 5.67. The molecule has 2 nitrogen and oxygen atoms in total. The topological polar surface area (TPSA) is 34.1 Å². The maximum atomic E-state index is 11.9. The van der Waals surface area contributed by atoms with E-state index in [2.05, 4.69) is 11.2 Å². The van der Waals surface area contributed by atoms with Gasteiger partial charge in [-0.1, -0.05) is 35.9 Å². The summed E-state index contributed by atoms with van der Waals surface area (Å²) < 4.78 is 23.9. The maximum Gasteiger partial charge on any atom is 0.245 e. The van der Waals surface area contributed by atoms with Gasteiger partial charge in [-0.3, -0.25) is 0 Å². The highest BCUT2D eigenvalue weighted by atomic mass is 35.5. The third-order valence-corrected chi connectivity index (χ3v) is 3.69. The Morgan fingerprint density at radius 2 is 1.67 bits per heavy atom. The standard InChI is InChI=1S/C14H9ClO2S/c15-13-7-4-8-14(11-13)18(16,17)10-9-12-5-2-1-3-6-12/h1-8,11H. The lowest BCUT2D eigenvalue weighted by atomic mass is 10.2. The molecule has 18 heavy (non-hydrogen) atoms. The zero-order valence-electron chi connectivity index (χ0n) is 9.30. The van der Waals surface area contributed by atoms with Crippen molar-refractivity contribution in [3.8, 4) is 11.2 Å². The minimum Gasteiger partial charge on any atom is -0.210 e. The lowest BCUT2D eigenvalue weighted by molar-refractivity contribution is 0.606. The molecular weight excluding hydrogens is 268 g/mol. The van der Waals surface area contributed by atoms with Crippen LogP contribution in [0.2, 0.25) is 5.02 Å². The van der Waals surface area contributed by atoms with Gasteiger partial charge in [0.1, 0.15) is 0 Å². The van der Waals surface area contributed by atoms with Crippen LogP contribution in [0.5, 0.6) is 0 Å². The van der Waals surface area contributed by atoms with Gasteiger partial charge in [0.2, 0.25) is 9.84 Å². The molecule has 0 bridgehead atoms. The summed E-state index contributed by atoms with van der Waals surface area (Å²) in [7, 11) is -3.63. The van der Waals surface area contributed by atoms with E-state index in [1.807, 2.05) is 6.07 Å². The fourth-order valence-electron chi connectivity index (χ4n) is 1.34. The van der Waals surface area contributed by atoms with E-state index >= 15 is 0 Å².